The number of hydrogen-bond donors (Lipinski definition) is 0. The molecular formula is C13H11ClS. The van der Waals surface area contributed by atoms with Crippen LogP contribution in [0.4, 0.5) is 0 Å². The zero-order chi connectivity index (χ0) is 10.8. The van der Waals surface area contributed by atoms with Crippen LogP contribution in [0.15, 0.2) is 36.9 Å². The van der Waals surface area contributed by atoms with Crippen LogP contribution in [0.5, 0.6) is 0 Å². The maximum absolute atomic E-state index is 6.04. The fourth-order valence-electron chi connectivity index (χ4n) is 1.46. The molecule has 0 saturated carbocycles. The van der Waals surface area contributed by atoms with Gasteiger partial charge in [-0.3, -0.25) is 0 Å². The van der Waals surface area contributed by atoms with E-state index in [1.54, 1.807) is 11.3 Å². The summed E-state index contributed by atoms with van der Waals surface area (Å²) in [4.78, 5) is 2.56. The van der Waals surface area contributed by atoms with Crippen molar-refractivity contribution in [3.8, 4) is 10.4 Å². The number of rotatable bonds is 2. The molecule has 0 bridgehead atoms. The Morgan fingerprint density at radius 3 is 2.67 bits per heavy atom. The molecule has 0 aliphatic rings. The van der Waals surface area contributed by atoms with Crippen LogP contribution in [0, 0.1) is 6.92 Å². The number of halogens is 1. The SMILES string of the molecule is C=Cc1cc(Cl)cc(-c2ccc(C)s2)c1. The predicted molar refractivity (Wildman–Crippen MR) is 69.6 cm³/mol. The minimum atomic E-state index is 0.758. The number of hydrogen-bond acceptors (Lipinski definition) is 1. The van der Waals surface area contributed by atoms with Gasteiger partial charge in [0.05, 0.1) is 0 Å². The normalized spacial score (nSPS) is 10.3. The van der Waals surface area contributed by atoms with Crippen LogP contribution in [0.25, 0.3) is 16.5 Å². The summed E-state index contributed by atoms with van der Waals surface area (Å²) in [6.45, 7) is 5.86. The molecule has 0 saturated heterocycles. The van der Waals surface area contributed by atoms with E-state index in [0.717, 1.165) is 16.1 Å². The zero-order valence-corrected chi connectivity index (χ0v) is 10.0. The summed E-state index contributed by atoms with van der Waals surface area (Å²) in [6, 6.07) is 10.2. The summed E-state index contributed by atoms with van der Waals surface area (Å²) in [5.74, 6) is 0. The summed E-state index contributed by atoms with van der Waals surface area (Å²) in [6.07, 6.45) is 1.82. The van der Waals surface area contributed by atoms with Crippen molar-refractivity contribution in [2.75, 3.05) is 0 Å². The third kappa shape index (κ3) is 2.31. The van der Waals surface area contributed by atoms with Crippen molar-refractivity contribution in [3.63, 3.8) is 0 Å². The van der Waals surface area contributed by atoms with Gasteiger partial charge in [-0.15, -0.1) is 11.3 Å². The molecule has 15 heavy (non-hydrogen) atoms. The first-order chi connectivity index (χ1) is 7.19. The van der Waals surface area contributed by atoms with Gasteiger partial charge in [0.2, 0.25) is 0 Å². The lowest BCUT2D eigenvalue weighted by atomic mass is 10.1. The summed E-state index contributed by atoms with van der Waals surface area (Å²) < 4.78 is 0. The smallest absolute Gasteiger partial charge is 0.0418 e. The third-order valence-electron chi connectivity index (χ3n) is 2.18. The van der Waals surface area contributed by atoms with Crippen LogP contribution < -0.4 is 0 Å². The molecule has 1 aromatic carbocycles. The van der Waals surface area contributed by atoms with Gasteiger partial charge in [-0.2, -0.15) is 0 Å². The van der Waals surface area contributed by atoms with Crippen molar-refractivity contribution in [2.24, 2.45) is 0 Å². The largest absolute Gasteiger partial charge is 0.141 e. The van der Waals surface area contributed by atoms with Crippen LogP contribution in [0.1, 0.15) is 10.4 Å². The molecule has 0 atom stereocenters. The first-order valence-corrected chi connectivity index (χ1v) is 5.88. The van der Waals surface area contributed by atoms with E-state index in [1.807, 2.05) is 18.2 Å². The second-order valence-electron chi connectivity index (χ2n) is 3.39. The standard InChI is InChI=1S/C13H11ClS/c1-3-10-6-11(8-12(14)7-10)13-5-4-9(2)15-13/h3-8H,1H2,2H3. The van der Waals surface area contributed by atoms with Crippen molar-refractivity contribution < 1.29 is 0 Å². The van der Waals surface area contributed by atoms with E-state index in [0.29, 0.717) is 0 Å². The van der Waals surface area contributed by atoms with Crippen molar-refractivity contribution in [3.05, 3.63) is 52.4 Å². The van der Waals surface area contributed by atoms with Crippen LogP contribution >= 0.6 is 22.9 Å². The van der Waals surface area contributed by atoms with Crippen LogP contribution in [-0.4, -0.2) is 0 Å². The Balaban J connectivity index is 2.52. The van der Waals surface area contributed by atoms with E-state index in [4.69, 9.17) is 11.6 Å². The molecule has 2 rings (SSSR count). The Kier molecular flexibility index (Phi) is 2.94. The second-order valence-corrected chi connectivity index (χ2v) is 5.11. The molecule has 0 nitrogen and oxygen atoms in total. The molecule has 0 unspecified atom stereocenters. The average molecular weight is 235 g/mol. The Labute approximate surface area is 98.8 Å². The van der Waals surface area contributed by atoms with Gasteiger partial charge >= 0.3 is 0 Å². The summed E-state index contributed by atoms with van der Waals surface area (Å²) in [5, 5.41) is 0.758. The minimum absolute atomic E-state index is 0.758. The topological polar surface area (TPSA) is 0 Å². The van der Waals surface area contributed by atoms with Gasteiger partial charge in [0.25, 0.3) is 0 Å². The van der Waals surface area contributed by atoms with Gasteiger partial charge < -0.3 is 0 Å². The Bertz CT molecular complexity index is 497. The van der Waals surface area contributed by atoms with Crippen LogP contribution in [-0.2, 0) is 0 Å². The number of benzene rings is 1. The molecule has 1 aromatic heterocycles. The lowest BCUT2D eigenvalue weighted by Crippen LogP contribution is -1.76. The van der Waals surface area contributed by atoms with Crippen LogP contribution in [0.3, 0.4) is 0 Å². The average Bonchev–Trinajstić information content (AvgIpc) is 2.64. The van der Waals surface area contributed by atoms with E-state index in [-0.39, 0.29) is 0 Å². The highest BCUT2D eigenvalue weighted by Crippen LogP contribution is 2.30. The zero-order valence-electron chi connectivity index (χ0n) is 8.46. The molecule has 2 aromatic rings. The molecule has 0 spiro atoms. The Morgan fingerprint density at radius 1 is 1.27 bits per heavy atom. The fraction of sp³-hybridized carbons (Fsp3) is 0.0769. The maximum atomic E-state index is 6.04. The van der Waals surface area contributed by atoms with Gasteiger partial charge in [0, 0.05) is 14.8 Å². The van der Waals surface area contributed by atoms with Crippen molar-refractivity contribution >= 4 is 29.0 Å². The molecule has 0 aliphatic heterocycles. The third-order valence-corrected chi connectivity index (χ3v) is 3.45. The van der Waals surface area contributed by atoms with Crippen molar-refractivity contribution in [2.45, 2.75) is 6.92 Å². The molecule has 2 heteroatoms. The fourth-order valence-corrected chi connectivity index (χ4v) is 2.56. The van der Waals surface area contributed by atoms with Crippen molar-refractivity contribution in [1.29, 1.82) is 0 Å². The quantitative estimate of drug-likeness (QED) is 0.685. The maximum Gasteiger partial charge on any atom is 0.0418 e. The van der Waals surface area contributed by atoms with Gasteiger partial charge in [0.15, 0.2) is 0 Å². The lowest BCUT2D eigenvalue weighted by molar-refractivity contribution is 1.63. The molecule has 0 N–H and O–H groups in total. The molecule has 0 radical (unpaired) electrons. The molecule has 0 aliphatic carbocycles. The van der Waals surface area contributed by atoms with Gasteiger partial charge in [0.1, 0.15) is 0 Å². The number of aryl methyl sites for hydroxylation is 1. The molecule has 0 amide bonds. The van der Waals surface area contributed by atoms with E-state index in [9.17, 15) is 0 Å². The number of thiophene rings is 1. The highest BCUT2D eigenvalue weighted by atomic mass is 35.5. The van der Waals surface area contributed by atoms with Crippen LogP contribution in [0.2, 0.25) is 5.02 Å². The minimum Gasteiger partial charge on any atom is -0.141 e. The predicted octanol–water partition coefficient (Wildman–Crippen LogP) is 5.02. The summed E-state index contributed by atoms with van der Waals surface area (Å²) in [7, 11) is 0. The Morgan fingerprint density at radius 2 is 2.07 bits per heavy atom. The molecule has 0 fully saturated rings. The molecule has 76 valence electrons. The highest BCUT2D eigenvalue weighted by Gasteiger charge is 2.02. The monoisotopic (exact) mass is 234 g/mol. The summed E-state index contributed by atoms with van der Waals surface area (Å²) >= 11 is 7.82. The molecule has 1 heterocycles. The van der Waals surface area contributed by atoms with Gasteiger partial charge in [-0.25, -0.2) is 0 Å². The van der Waals surface area contributed by atoms with E-state index in [1.165, 1.54) is 9.75 Å². The second kappa shape index (κ2) is 4.21. The molecular weight excluding hydrogens is 224 g/mol. The summed E-state index contributed by atoms with van der Waals surface area (Å²) in [5.41, 5.74) is 2.22. The first-order valence-electron chi connectivity index (χ1n) is 4.69. The van der Waals surface area contributed by atoms with E-state index in [2.05, 4.69) is 31.7 Å². The highest BCUT2D eigenvalue weighted by molar-refractivity contribution is 7.15. The van der Waals surface area contributed by atoms with E-state index >= 15 is 0 Å². The first kappa shape index (κ1) is 10.5. The lowest BCUT2D eigenvalue weighted by Gasteiger charge is -2.01. The van der Waals surface area contributed by atoms with Crippen molar-refractivity contribution in [1.82, 2.24) is 0 Å². The van der Waals surface area contributed by atoms with E-state index < -0.39 is 0 Å². The van der Waals surface area contributed by atoms with Gasteiger partial charge in [-0.1, -0.05) is 24.3 Å². The van der Waals surface area contributed by atoms with Gasteiger partial charge in [-0.05, 0) is 48.4 Å². The Hall–Kier alpha value is -1.05.